The standard InChI is InChI=1S/C24H32BrN3O4S/c1-16(2)26-24(30)19(5)27(14-20-11-8-12-21(25)13-20)22(29)15-28(33(6,31)32)23-17(3)9-7-10-18(23)4/h7-13,16,19H,14-15H2,1-6H3,(H,26,30)/t19-/m1/s1. The van der Waals surface area contributed by atoms with Crippen molar-refractivity contribution in [1.29, 1.82) is 0 Å². The van der Waals surface area contributed by atoms with Crippen molar-refractivity contribution in [2.75, 3.05) is 17.1 Å². The monoisotopic (exact) mass is 537 g/mol. The predicted octanol–water partition coefficient (Wildman–Crippen LogP) is 3.77. The van der Waals surface area contributed by atoms with Gasteiger partial charge in [0.2, 0.25) is 21.8 Å². The van der Waals surface area contributed by atoms with Crippen LogP contribution in [0.1, 0.15) is 37.5 Å². The predicted molar refractivity (Wildman–Crippen MR) is 136 cm³/mol. The van der Waals surface area contributed by atoms with Gasteiger partial charge in [-0.3, -0.25) is 13.9 Å². The van der Waals surface area contributed by atoms with Gasteiger partial charge in [-0.25, -0.2) is 8.42 Å². The van der Waals surface area contributed by atoms with E-state index >= 15 is 0 Å². The SMILES string of the molecule is Cc1cccc(C)c1N(CC(=O)N(Cc1cccc(Br)c1)[C@H](C)C(=O)NC(C)C)S(C)(=O)=O. The van der Waals surface area contributed by atoms with Gasteiger partial charge in [0.25, 0.3) is 0 Å². The first-order chi connectivity index (χ1) is 15.3. The van der Waals surface area contributed by atoms with Crippen molar-refractivity contribution in [2.24, 2.45) is 0 Å². The average Bonchev–Trinajstić information content (AvgIpc) is 2.69. The van der Waals surface area contributed by atoms with E-state index in [4.69, 9.17) is 0 Å². The molecule has 1 atom stereocenters. The lowest BCUT2D eigenvalue weighted by atomic mass is 10.1. The van der Waals surface area contributed by atoms with Gasteiger partial charge in [0.15, 0.2) is 0 Å². The summed E-state index contributed by atoms with van der Waals surface area (Å²) in [7, 11) is -3.76. The molecule has 2 amide bonds. The number of halogens is 1. The van der Waals surface area contributed by atoms with Gasteiger partial charge in [-0.15, -0.1) is 0 Å². The first-order valence-electron chi connectivity index (χ1n) is 10.7. The van der Waals surface area contributed by atoms with Gasteiger partial charge in [-0.1, -0.05) is 46.3 Å². The van der Waals surface area contributed by atoms with Crippen molar-refractivity contribution in [3.63, 3.8) is 0 Å². The first-order valence-corrected chi connectivity index (χ1v) is 13.3. The quantitative estimate of drug-likeness (QED) is 0.527. The van der Waals surface area contributed by atoms with E-state index in [2.05, 4.69) is 21.2 Å². The van der Waals surface area contributed by atoms with E-state index in [9.17, 15) is 18.0 Å². The van der Waals surface area contributed by atoms with E-state index in [0.29, 0.717) is 5.69 Å². The molecule has 0 spiro atoms. The van der Waals surface area contributed by atoms with Crippen LogP contribution in [-0.2, 0) is 26.2 Å². The Kier molecular flexibility index (Phi) is 9.08. The summed E-state index contributed by atoms with van der Waals surface area (Å²) in [5.41, 5.74) is 2.80. The number of rotatable bonds is 9. The molecule has 0 aliphatic heterocycles. The summed E-state index contributed by atoms with van der Waals surface area (Å²) in [6.45, 7) is 8.71. The molecule has 9 heteroatoms. The molecule has 180 valence electrons. The third-order valence-corrected chi connectivity index (χ3v) is 6.81. The molecule has 0 bridgehead atoms. The molecule has 0 saturated heterocycles. The van der Waals surface area contributed by atoms with Crippen LogP contribution in [0.2, 0.25) is 0 Å². The van der Waals surface area contributed by atoms with Crippen LogP contribution < -0.4 is 9.62 Å². The molecule has 2 aromatic rings. The lowest BCUT2D eigenvalue weighted by Crippen LogP contribution is -2.52. The highest BCUT2D eigenvalue weighted by molar-refractivity contribution is 9.10. The maximum Gasteiger partial charge on any atom is 0.244 e. The fourth-order valence-electron chi connectivity index (χ4n) is 3.59. The second kappa shape index (κ2) is 11.2. The van der Waals surface area contributed by atoms with Crippen molar-refractivity contribution >= 4 is 43.5 Å². The summed E-state index contributed by atoms with van der Waals surface area (Å²) in [4.78, 5) is 27.7. The fraction of sp³-hybridized carbons (Fsp3) is 0.417. The molecule has 0 heterocycles. The van der Waals surface area contributed by atoms with E-state index in [1.54, 1.807) is 6.92 Å². The van der Waals surface area contributed by atoms with Crippen molar-refractivity contribution < 1.29 is 18.0 Å². The van der Waals surface area contributed by atoms with Crippen LogP contribution in [0.25, 0.3) is 0 Å². The molecule has 7 nitrogen and oxygen atoms in total. The Morgan fingerprint density at radius 1 is 1.03 bits per heavy atom. The second-order valence-corrected chi connectivity index (χ2v) is 11.3. The van der Waals surface area contributed by atoms with Gasteiger partial charge in [0.1, 0.15) is 12.6 Å². The summed E-state index contributed by atoms with van der Waals surface area (Å²) in [5, 5.41) is 2.83. The van der Waals surface area contributed by atoms with Crippen molar-refractivity contribution in [3.8, 4) is 0 Å². The molecular weight excluding hydrogens is 506 g/mol. The van der Waals surface area contributed by atoms with Gasteiger partial charge in [-0.2, -0.15) is 0 Å². The fourth-order valence-corrected chi connectivity index (χ4v) is 5.01. The highest BCUT2D eigenvalue weighted by Gasteiger charge is 2.31. The van der Waals surface area contributed by atoms with Crippen LogP contribution in [-0.4, -0.2) is 50.0 Å². The van der Waals surface area contributed by atoms with E-state index in [-0.39, 0.29) is 18.5 Å². The highest BCUT2D eigenvalue weighted by Crippen LogP contribution is 2.27. The van der Waals surface area contributed by atoms with Crippen molar-refractivity contribution in [1.82, 2.24) is 10.2 Å². The summed E-state index contributed by atoms with van der Waals surface area (Å²) in [6.07, 6.45) is 1.08. The molecule has 0 aromatic heterocycles. The second-order valence-electron chi connectivity index (χ2n) is 8.50. The number of anilines is 1. The molecule has 0 unspecified atom stereocenters. The van der Waals surface area contributed by atoms with Gasteiger partial charge < -0.3 is 10.2 Å². The minimum Gasteiger partial charge on any atom is -0.352 e. The number of hydrogen-bond acceptors (Lipinski definition) is 4. The Hall–Kier alpha value is -2.39. The summed E-state index contributed by atoms with van der Waals surface area (Å²) in [6, 6.07) is 12.0. The Morgan fingerprint density at radius 2 is 1.61 bits per heavy atom. The molecule has 0 saturated carbocycles. The van der Waals surface area contributed by atoms with Crippen LogP contribution in [0.3, 0.4) is 0 Å². The van der Waals surface area contributed by atoms with Gasteiger partial charge in [-0.05, 0) is 63.4 Å². The van der Waals surface area contributed by atoms with Crippen molar-refractivity contribution in [2.45, 2.75) is 53.2 Å². The molecule has 33 heavy (non-hydrogen) atoms. The number of para-hydroxylation sites is 1. The number of carbonyl (C=O) groups excluding carboxylic acids is 2. The van der Waals surface area contributed by atoms with E-state index in [1.165, 1.54) is 4.90 Å². The number of sulfonamides is 1. The van der Waals surface area contributed by atoms with Crippen LogP contribution >= 0.6 is 15.9 Å². The Bertz CT molecular complexity index is 1100. The molecule has 2 rings (SSSR count). The number of hydrogen-bond donors (Lipinski definition) is 1. The Labute approximate surface area is 205 Å². The molecule has 1 N–H and O–H groups in total. The maximum atomic E-state index is 13.5. The van der Waals surface area contributed by atoms with Crippen molar-refractivity contribution in [3.05, 3.63) is 63.6 Å². The van der Waals surface area contributed by atoms with Gasteiger partial charge in [0, 0.05) is 17.1 Å². The number of carbonyl (C=O) groups is 2. The smallest absolute Gasteiger partial charge is 0.244 e. The van der Waals surface area contributed by atoms with E-state index < -0.39 is 28.5 Å². The summed E-state index contributed by atoms with van der Waals surface area (Å²) < 4.78 is 27.4. The largest absolute Gasteiger partial charge is 0.352 e. The van der Waals surface area contributed by atoms with Crippen LogP contribution in [0.5, 0.6) is 0 Å². The number of aryl methyl sites for hydroxylation is 2. The van der Waals surface area contributed by atoms with Gasteiger partial charge >= 0.3 is 0 Å². The van der Waals surface area contributed by atoms with E-state index in [1.807, 2.05) is 70.2 Å². The summed E-state index contributed by atoms with van der Waals surface area (Å²) in [5.74, 6) is -0.763. The molecule has 0 radical (unpaired) electrons. The van der Waals surface area contributed by atoms with Gasteiger partial charge in [0.05, 0.1) is 11.9 Å². The number of amides is 2. The lowest BCUT2D eigenvalue weighted by Gasteiger charge is -2.32. The average molecular weight is 539 g/mol. The number of benzene rings is 2. The normalized spacial score (nSPS) is 12.4. The Balaban J connectivity index is 2.45. The minimum atomic E-state index is -3.76. The van der Waals surface area contributed by atoms with Crippen LogP contribution in [0.15, 0.2) is 46.9 Å². The summed E-state index contributed by atoms with van der Waals surface area (Å²) >= 11 is 3.43. The van der Waals surface area contributed by atoms with E-state index in [0.717, 1.165) is 31.7 Å². The van der Waals surface area contributed by atoms with Crippen LogP contribution in [0.4, 0.5) is 5.69 Å². The molecule has 0 fully saturated rings. The Morgan fingerprint density at radius 3 is 2.12 bits per heavy atom. The zero-order valence-corrected chi connectivity index (χ0v) is 22.3. The molecule has 0 aliphatic rings. The third-order valence-electron chi connectivity index (χ3n) is 5.21. The number of nitrogens with zero attached hydrogens (tertiary/aromatic N) is 2. The molecule has 2 aromatic carbocycles. The zero-order chi connectivity index (χ0) is 24.9. The lowest BCUT2D eigenvalue weighted by molar-refractivity contribution is -0.139. The number of nitrogens with one attached hydrogen (secondary N) is 1. The van der Waals surface area contributed by atoms with Crippen LogP contribution in [0, 0.1) is 13.8 Å². The third kappa shape index (κ3) is 7.30. The first kappa shape index (κ1) is 26.9. The topological polar surface area (TPSA) is 86.8 Å². The minimum absolute atomic E-state index is 0.0927. The molecule has 0 aliphatic carbocycles. The molecular formula is C24H32BrN3O4S. The maximum absolute atomic E-state index is 13.5. The zero-order valence-electron chi connectivity index (χ0n) is 19.9. The highest BCUT2D eigenvalue weighted by atomic mass is 79.9.